The molecule has 1 saturated heterocycles. The number of ether oxygens (including phenoxy) is 2. The van der Waals surface area contributed by atoms with Crippen LogP contribution in [0, 0.1) is 0 Å². The summed E-state index contributed by atoms with van der Waals surface area (Å²) < 4.78 is 10.6. The fourth-order valence-corrected chi connectivity index (χ4v) is 1.94. The zero-order valence-electron chi connectivity index (χ0n) is 9.76. The van der Waals surface area contributed by atoms with Crippen molar-refractivity contribution in [1.82, 2.24) is 0 Å². The Hall–Kier alpha value is -1.59. The van der Waals surface area contributed by atoms with E-state index in [2.05, 4.69) is 4.90 Å². The molecule has 1 aliphatic heterocycles. The highest BCUT2D eigenvalue weighted by Gasteiger charge is 2.22. The number of nitrogens with zero attached hydrogens (tertiary/aromatic N) is 1. The third-order valence-electron chi connectivity index (χ3n) is 2.81. The predicted octanol–water partition coefficient (Wildman–Crippen LogP) is 0.595. The standard InChI is InChI=1S/C12H16N2O3/c1-16-11-8-14(6-7-17-11)10-5-3-2-4-9(10)12(13)15/h2-5,11H,6-8H2,1H3,(H2,13,15). The monoisotopic (exact) mass is 236 g/mol. The highest BCUT2D eigenvalue weighted by Crippen LogP contribution is 2.22. The van der Waals surface area contributed by atoms with Crippen LogP contribution >= 0.6 is 0 Å². The van der Waals surface area contributed by atoms with Crippen LogP contribution in [0.25, 0.3) is 0 Å². The van der Waals surface area contributed by atoms with E-state index in [0.717, 1.165) is 12.2 Å². The molecule has 1 unspecified atom stereocenters. The predicted molar refractivity (Wildman–Crippen MR) is 63.9 cm³/mol. The van der Waals surface area contributed by atoms with Crippen LogP contribution in [0.15, 0.2) is 24.3 Å². The van der Waals surface area contributed by atoms with Crippen LogP contribution in [0.1, 0.15) is 10.4 Å². The maximum Gasteiger partial charge on any atom is 0.250 e. The number of para-hydroxylation sites is 1. The Morgan fingerprint density at radius 2 is 2.29 bits per heavy atom. The van der Waals surface area contributed by atoms with Gasteiger partial charge in [0.05, 0.1) is 18.7 Å². The zero-order valence-corrected chi connectivity index (χ0v) is 9.76. The molecule has 0 saturated carbocycles. The molecule has 1 aliphatic rings. The van der Waals surface area contributed by atoms with Crippen molar-refractivity contribution in [3.8, 4) is 0 Å². The lowest BCUT2D eigenvalue weighted by atomic mass is 10.1. The lowest BCUT2D eigenvalue weighted by molar-refractivity contribution is -0.128. The number of hydrogen-bond donors (Lipinski definition) is 1. The van der Waals surface area contributed by atoms with Crippen LogP contribution < -0.4 is 10.6 Å². The number of hydrogen-bond acceptors (Lipinski definition) is 4. The van der Waals surface area contributed by atoms with Crippen LogP contribution in [-0.2, 0) is 9.47 Å². The van der Waals surface area contributed by atoms with E-state index in [4.69, 9.17) is 15.2 Å². The molecule has 1 fully saturated rings. The molecule has 1 aromatic rings. The molecule has 1 atom stereocenters. The van der Waals surface area contributed by atoms with E-state index in [1.54, 1.807) is 19.2 Å². The summed E-state index contributed by atoms with van der Waals surface area (Å²) in [4.78, 5) is 13.4. The Morgan fingerprint density at radius 3 is 3.00 bits per heavy atom. The molecule has 92 valence electrons. The van der Waals surface area contributed by atoms with E-state index in [9.17, 15) is 4.79 Å². The van der Waals surface area contributed by atoms with Crippen LogP contribution in [0.3, 0.4) is 0 Å². The lowest BCUT2D eigenvalue weighted by Crippen LogP contribution is -2.44. The number of primary amides is 1. The molecule has 5 heteroatoms. The maximum atomic E-state index is 11.3. The SMILES string of the molecule is COC1CN(c2ccccc2C(N)=O)CCO1. The first-order valence-electron chi connectivity index (χ1n) is 5.50. The van der Waals surface area contributed by atoms with Crippen molar-refractivity contribution in [1.29, 1.82) is 0 Å². The fraction of sp³-hybridized carbons (Fsp3) is 0.417. The number of methoxy groups -OCH3 is 1. The second kappa shape index (κ2) is 5.16. The molecule has 0 aromatic heterocycles. The molecular weight excluding hydrogens is 220 g/mol. The molecule has 0 spiro atoms. The van der Waals surface area contributed by atoms with Gasteiger partial charge in [-0.1, -0.05) is 12.1 Å². The molecule has 5 nitrogen and oxygen atoms in total. The summed E-state index contributed by atoms with van der Waals surface area (Å²) in [6.07, 6.45) is -0.260. The van der Waals surface area contributed by atoms with Crippen molar-refractivity contribution in [3.05, 3.63) is 29.8 Å². The second-order valence-electron chi connectivity index (χ2n) is 3.86. The number of benzene rings is 1. The Morgan fingerprint density at radius 1 is 1.53 bits per heavy atom. The van der Waals surface area contributed by atoms with Gasteiger partial charge in [-0.2, -0.15) is 0 Å². The summed E-state index contributed by atoms with van der Waals surface area (Å²) in [6.45, 7) is 1.90. The van der Waals surface area contributed by atoms with Crippen LogP contribution in [-0.4, -0.2) is 39.0 Å². The van der Waals surface area contributed by atoms with Gasteiger partial charge in [0.1, 0.15) is 0 Å². The molecule has 17 heavy (non-hydrogen) atoms. The van der Waals surface area contributed by atoms with Crippen molar-refractivity contribution >= 4 is 11.6 Å². The average Bonchev–Trinajstić information content (AvgIpc) is 2.39. The molecule has 0 aliphatic carbocycles. The Labute approximate surface area is 100 Å². The van der Waals surface area contributed by atoms with Gasteiger partial charge in [0, 0.05) is 19.3 Å². The number of anilines is 1. The summed E-state index contributed by atoms with van der Waals surface area (Å²) in [5, 5.41) is 0. The van der Waals surface area contributed by atoms with E-state index in [-0.39, 0.29) is 6.29 Å². The van der Waals surface area contributed by atoms with Crippen molar-refractivity contribution in [3.63, 3.8) is 0 Å². The zero-order chi connectivity index (χ0) is 12.3. The average molecular weight is 236 g/mol. The number of nitrogens with two attached hydrogens (primary N) is 1. The van der Waals surface area contributed by atoms with Crippen molar-refractivity contribution < 1.29 is 14.3 Å². The fourth-order valence-electron chi connectivity index (χ4n) is 1.94. The van der Waals surface area contributed by atoms with Gasteiger partial charge in [-0.15, -0.1) is 0 Å². The normalized spacial score (nSPS) is 20.3. The summed E-state index contributed by atoms with van der Waals surface area (Å²) >= 11 is 0. The first-order chi connectivity index (χ1) is 8.22. The maximum absolute atomic E-state index is 11.3. The van der Waals surface area contributed by atoms with Crippen molar-refractivity contribution in [2.45, 2.75) is 6.29 Å². The highest BCUT2D eigenvalue weighted by molar-refractivity contribution is 5.98. The quantitative estimate of drug-likeness (QED) is 0.834. The lowest BCUT2D eigenvalue weighted by Gasteiger charge is -2.34. The van der Waals surface area contributed by atoms with Gasteiger partial charge in [-0.05, 0) is 12.1 Å². The first kappa shape index (κ1) is 11.9. The third-order valence-corrected chi connectivity index (χ3v) is 2.81. The Kier molecular flexibility index (Phi) is 3.61. The van der Waals surface area contributed by atoms with Crippen molar-refractivity contribution in [2.24, 2.45) is 5.73 Å². The van der Waals surface area contributed by atoms with E-state index in [1.807, 2.05) is 12.1 Å². The molecule has 2 N–H and O–H groups in total. The summed E-state index contributed by atoms with van der Waals surface area (Å²) in [7, 11) is 1.61. The van der Waals surface area contributed by atoms with Gasteiger partial charge in [0.2, 0.25) is 0 Å². The molecule has 2 rings (SSSR count). The van der Waals surface area contributed by atoms with Gasteiger partial charge >= 0.3 is 0 Å². The molecular formula is C12H16N2O3. The first-order valence-corrected chi connectivity index (χ1v) is 5.50. The summed E-state index contributed by atoms with van der Waals surface area (Å²) in [5.74, 6) is -0.416. The van der Waals surface area contributed by atoms with Crippen LogP contribution in [0.2, 0.25) is 0 Å². The molecule has 1 aromatic carbocycles. The molecule has 1 amide bonds. The minimum absolute atomic E-state index is 0.260. The topological polar surface area (TPSA) is 64.8 Å². The van der Waals surface area contributed by atoms with Gasteiger partial charge < -0.3 is 20.1 Å². The number of morpholine rings is 1. The second-order valence-corrected chi connectivity index (χ2v) is 3.86. The number of amides is 1. The minimum Gasteiger partial charge on any atom is -0.366 e. The number of rotatable bonds is 3. The van der Waals surface area contributed by atoms with Crippen molar-refractivity contribution in [2.75, 3.05) is 31.7 Å². The van der Waals surface area contributed by atoms with E-state index in [1.165, 1.54) is 0 Å². The van der Waals surface area contributed by atoms with Gasteiger partial charge in [-0.25, -0.2) is 0 Å². The Balaban J connectivity index is 2.24. The van der Waals surface area contributed by atoms with Gasteiger partial charge in [-0.3, -0.25) is 4.79 Å². The van der Waals surface area contributed by atoms with Crippen LogP contribution in [0.4, 0.5) is 5.69 Å². The van der Waals surface area contributed by atoms with Gasteiger partial charge in [0.25, 0.3) is 5.91 Å². The largest absolute Gasteiger partial charge is 0.366 e. The molecule has 0 bridgehead atoms. The number of carbonyl (C=O) groups excluding carboxylic acids is 1. The third kappa shape index (κ3) is 2.57. The van der Waals surface area contributed by atoms with E-state index < -0.39 is 5.91 Å². The summed E-state index contributed by atoms with van der Waals surface area (Å²) in [6, 6.07) is 7.31. The van der Waals surface area contributed by atoms with Crippen LogP contribution in [0.5, 0.6) is 0 Å². The van der Waals surface area contributed by atoms with E-state index in [0.29, 0.717) is 18.7 Å². The molecule has 1 heterocycles. The summed E-state index contributed by atoms with van der Waals surface area (Å²) in [5.41, 5.74) is 6.73. The highest BCUT2D eigenvalue weighted by atomic mass is 16.7. The number of carbonyl (C=O) groups is 1. The minimum atomic E-state index is -0.416. The van der Waals surface area contributed by atoms with Gasteiger partial charge in [0.15, 0.2) is 6.29 Å². The van der Waals surface area contributed by atoms with E-state index >= 15 is 0 Å². The smallest absolute Gasteiger partial charge is 0.250 e. The molecule has 0 radical (unpaired) electrons. The Bertz CT molecular complexity index is 408.